The quantitative estimate of drug-likeness (QED) is 0.859. The van der Waals surface area contributed by atoms with E-state index < -0.39 is 23.8 Å². The fourth-order valence-electron chi connectivity index (χ4n) is 2.18. The van der Waals surface area contributed by atoms with Crippen molar-refractivity contribution in [2.75, 3.05) is 6.61 Å². The predicted octanol–water partition coefficient (Wildman–Crippen LogP) is 2.36. The van der Waals surface area contributed by atoms with Crippen LogP contribution in [0.4, 0.5) is 8.78 Å². The molecule has 1 unspecified atom stereocenters. The molecule has 1 aromatic carbocycles. The summed E-state index contributed by atoms with van der Waals surface area (Å²) in [7, 11) is 0. The van der Waals surface area contributed by atoms with E-state index >= 15 is 0 Å². The largest absolute Gasteiger partial charge is 0.494 e. The molecule has 0 fully saturated rings. The van der Waals surface area contributed by atoms with Crippen LogP contribution < -0.4 is 10.5 Å². The van der Waals surface area contributed by atoms with Crippen molar-refractivity contribution in [1.29, 1.82) is 0 Å². The van der Waals surface area contributed by atoms with Crippen LogP contribution in [-0.4, -0.2) is 22.7 Å². The molecule has 118 valence electrons. The summed E-state index contributed by atoms with van der Waals surface area (Å²) < 4.78 is 31.7. The number of aliphatic hydroxyl groups excluding tert-OH is 1. The molecular formula is C16H18F2N2O2. The number of nitrogens with zero attached hydrogens (tertiary/aromatic N) is 1. The van der Waals surface area contributed by atoms with Crippen LogP contribution in [-0.2, 0) is 6.42 Å². The van der Waals surface area contributed by atoms with Gasteiger partial charge in [-0.2, -0.15) is 0 Å². The van der Waals surface area contributed by atoms with Crippen molar-refractivity contribution in [2.45, 2.75) is 25.5 Å². The molecule has 0 aliphatic rings. The molecule has 0 spiro atoms. The minimum absolute atomic E-state index is 0.121. The van der Waals surface area contributed by atoms with Gasteiger partial charge in [0.2, 0.25) is 0 Å². The number of hydrogen-bond donors (Lipinski definition) is 2. The van der Waals surface area contributed by atoms with E-state index in [1.807, 2.05) is 6.92 Å². The molecule has 2 aromatic rings. The second-order valence-corrected chi connectivity index (χ2v) is 4.94. The molecule has 0 bridgehead atoms. The van der Waals surface area contributed by atoms with Crippen LogP contribution in [0.25, 0.3) is 0 Å². The molecule has 0 aliphatic carbocycles. The first kappa shape index (κ1) is 16.3. The lowest BCUT2D eigenvalue weighted by Gasteiger charge is -2.19. The minimum Gasteiger partial charge on any atom is -0.494 e. The number of nitrogens with two attached hydrogens (primary N) is 1. The topological polar surface area (TPSA) is 68.4 Å². The van der Waals surface area contributed by atoms with Gasteiger partial charge in [0.05, 0.1) is 12.3 Å². The molecule has 22 heavy (non-hydrogen) atoms. The second kappa shape index (κ2) is 7.29. The zero-order valence-electron chi connectivity index (χ0n) is 12.2. The van der Waals surface area contributed by atoms with Gasteiger partial charge in [0.25, 0.3) is 0 Å². The molecule has 2 rings (SSSR count). The Bertz CT molecular complexity index is 617. The third kappa shape index (κ3) is 4.22. The van der Waals surface area contributed by atoms with Crippen molar-refractivity contribution < 1.29 is 18.6 Å². The molecule has 0 saturated carbocycles. The molecule has 2 atom stereocenters. The monoisotopic (exact) mass is 308 g/mol. The molecule has 1 aromatic heterocycles. The van der Waals surface area contributed by atoms with Crippen molar-refractivity contribution in [1.82, 2.24) is 4.98 Å². The first-order valence-electron chi connectivity index (χ1n) is 6.97. The summed E-state index contributed by atoms with van der Waals surface area (Å²) in [4.78, 5) is 4.06. The van der Waals surface area contributed by atoms with Gasteiger partial charge in [-0.15, -0.1) is 0 Å². The lowest BCUT2D eigenvalue weighted by molar-refractivity contribution is 0.141. The van der Waals surface area contributed by atoms with Gasteiger partial charge < -0.3 is 15.6 Å². The smallest absolute Gasteiger partial charge is 0.126 e. The lowest BCUT2D eigenvalue weighted by Crippen LogP contribution is -2.31. The number of hydrogen-bond acceptors (Lipinski definition) is 4. The van der Waals surface area contributed by atoms with Crippen LogP contribution in [0, 0.1) is 11.6 Å². The maximum absolute atomic E-state index is 13.2. The van der Waals surface area contributed by atoms with Crippen LogP contribution in [0.3, 0.4) is 0 Å². The number of aromatic nitrogens is 1. The van der Waals surface area contributed by atoms with Crippen LogP contribution >= 0.6 is 0 Å². The normalized spacial score (nSPS) is 13.7. The average Bonchev–Trinajstić information content (AvgIpc) is 2.46. The Morgan fingerprint density at radius 3 is 2.55 bits per heavy atom. The van der Waals surface area contributed by atoms with Gasteiger partial charge in [-0.1, -0.05) is 0 Å². The molecule has 0 saturated heterocycles. The van der Waals surface area contributed by atoms with Gasteiger partial charge in [0.15, 0.2) is 0 Å². The zero-order valence-corrected chi connectivity index (χ0v) is 12.2. The van der Waals surface area contributed by atoms with Gasteiger partial charge in [0, 0.05) is 24.4 Å². The highest BCUT2D eigenvalue weighted by atomic mass is 19.1. The van der Waals surface area contributed by atoms with Gasteiger partial charge in [0.1, 0.15) is 23.5 Å². The summed E-state index contributed by atoms with van der Waals surface area (Å²) in [5.41, 5.74) is 6.67. The molecule has 0 radical (unpaired) electrons. The van der Waals surface area contributed by atoms with Crippen LogP contribution in [0.5, 0.6) is 5.75 Å². The first-order chi connectivity index (χ1) is 10.5. The Morgan fingerprint density at radius 1 is 1.23 bits per heavy atom. The molecule has 1 heterocycles. The molecule has 6 heteroatoms. The van der Waals surface area contributed by atoms with E-state index in [1.54, 1.807) is 12.1 Å². The van der Waals surface area contributed by atoms with Gasteiger partial charge >= 0.3 is 0 Å². The average molecular weight is 308 g/mol. The third-order valence-electron chi connectivity index (χ3n) is 3.17. The minimum atomic E-state index is -1.06. The SMILES string of the molecule is CCOc1ccnc(C(O)[C@@H](N)Cc2cc(F)cc(F)c2)c1. The summed E-state index contributed by atoms with van der Waals surface area (Å²) in [6.07, 6.45) is 0.570. The fourth-order valence-corrected chi connectivity index (χ4v) is 2.18. The second-order valence-electron chi connectivity index (χ2n) is 4.94. The molecule has 0 aliphatic heterocycles. The standard InChI is InChI=1S/C16H18F2N2O2/c1-2-22-13-3-4-20-15(9-13)16(21)14(19)7-10-5-11(17)8-12(18)6-10/h3-6,8-9,14,16,21H,2,7,19H2,1H3/t14-,16?/m0/s1. The summed E-state index contributed by atoms with van der Waals surface area (Å²) in [6, 6.07) is 5.70. The van der Waals surface area contributed by atoms with E-state index in [0.717, 1.165) is 6.07 Å². The Balaban J connectivity index is 2.11. The van der Waals surface area contributed by atoms with E-state index in [2.05, 4.69) is 4.98 Å². The number of halogens is 2. The predicted molar refractivity (Wildman–Crippen MR) is 78.4 cm³/mol. The Labute approximate surface area is 127 Å². The van der Waals surface area contributed by atoms with E-state index in [1.165, 1.54) is 18.3 Å². The lowest BCUT2D eigenvalue weighted by atomic mass is 9.99. The van der Waals surface area contributed by atoms with Crippen molar-refractivity contribution in [3.63, 3.8) is 0 Å². The fraction of sp³-hybridized carbons (Fsp3) is 0.312. The van der Waals surface area contributed by atoms with Gasteiger partial charge in [-0.3, -0.25) is 4.98 Å². The van der Waals surface area contributed by atoms with E-state index in [0.29, 0.717) is 23.6 Å². The van der Waals surface area contributed by atoms with E-state index in [-0.39, 0.29) is 6.42 Å². The molecule has 3 N–H and O–H groups in total. The summed E-state index contributed by atoms with van der Waals surface area (Å²) >= 11 is 0. The number of rotatable bonds is 6. The Morgan fingerprint density at radius 2 is 1.91 bits per heavy atom. The zero-order chi connectivity index (χ0) is 16.1. The summed E-state index contributed by atoms with van der Waals surface area (Å²) in [5.74, 6) is -0.767. The summed E-state index contributed by atoms with van der Waals surface area (Å²) in [5, 5.41) is 10.3. The van der Waals surface area contributed by atoms with E-state index in [9.17, 15) is 13.9 Å². The molecule has 4 nitrogen and oxygen atoms in total. The number of benzene rings is 1. The maximum atomic E-state index is 13.2. The van der Waals surface area contributed by atoms with Crippen molar-refractivity contribution >= 4 is 0 Å². The molecule has 0 amide bonds. The Kier molecular flexibility index (Phi) is 5.41. The first-order valence-corrected chi connectivity index (χ1v) is 6.97. The third-order valence-corrected chi connectivity index (χ3v) is 3.17. The molecular weight excluding hydrogens is 290 g/mol. The highest BCUT2D eigenvalue weighted by Crippen LogP contribution is 2.21. The number of pyridine rings is 1. The Hall–Kier alpha value is -2.05. The number of aliphatic hydroxyl groups is 1. The highest BCUT2D eigenvalue weighted by Gasteiger charge is 2.20. The van der Waals surface area contributed by atoms with E-state index in [4.69, 9.17) is 10.5 Å². The van der Waals surface area contributed by atoms with Crippen LogP contribution in [0.15, 0.2) is 36.5 Å². The van der Waals surface area contributed by atoms with Gasteiger partial charge in [-0.05, 0) is 37.1 Å². The summed E-state index contributed by atoms with van der Waals surface area (Å²) in [6.45, 7) is 2.34. The van der Waals surface area contributed by atoms with Gasteiger partial charge in [-0.25, -0.2) is 8.78 Å². The number of ether oxygens (including phenoxy) is 1. The van der Waals surface area contributed by atoms with Crippen molar-refractivity contribution in [2.24, 2.45) is 5.73 Å². The highest BCUT2D eigenvalue weighted by molar-refractivity contribution is 5.25. The van der Waals surface area contributed by atoms with Crippen molar-refractivity contribution in [3.05, 3.63) is 59.4 Å². The van der Waals surface area contributed by atoms with Crippen LogP contribution in [0.1, 0.15) is 24.3 Å². The van der Waals surface area contributed by atoms with Crippen molar-refractivity contribution in [3.8, 4) is 5.75 Å². The van der Waals surface area contributed by atoms with Crippen LogP contribution in [0.2, 0.25) is 0 Å². The maximum Gasteiger partial charge on any atom is 0.126 e.